The number of halogens is 1. The van der Waals surface area contributed by atoms with Crippen LogP contribution >= 0.6 is 15.9 Å². The molecular weight excluding hydrogens is 320 g/mol. The Morgan fingerprint density at radius 2 is 2.35 bits per heavy atom. The first-order valence-electron chi connectivity index (χ1n) is 6.54. The summed E-state index contributed by atoms with van der Waals surface area (Å²) in [6.07, 6.45) is 2.61. The van der Waals surface area contributed by atoms with Crippen LogP contribution in [0.5, 0.6) is 0 Å². The smallest absolute Gasteiger partial charge is 0.257 e. The van der Waals surface area contributed by atoms with Crippen LogP contribution in [-0.2, 0) is 0 Å². The molecule has 1 rings (SSSR count). The Morgan fingerprint density at radius 1 is 1.65 bits per heavy atom. The molecule has 0 saturated heterocycles. The van der Waals surface area contributed by atoms with E-state index in [1.807, 2.05) is 6.92 Å². The largest absolute Gasteiger partial charge is 0.369 e. The molecule has 1 N–H and O–H groups in total. The quantitative estimate of drug-likeness (QED) is 0.865. The van der Waals surface area contributed by atoms with Crippen molar-refractivity contribution in [3.8, 4) is 6.07 Å². The maximum absolute atomic E-state index is 12.4. The van der Waals surface area contributed by atoms with E-state index in [4.69, 9.17) is 5.26 Å². The predicted octanol–water partition coefficient (Wildman–Crippen LogP) is 2.90. The number of hydrogen-bond donors (Lipinski definition) is 1. The van der Waals surface area contributed by atoms with Gasteiger partial charge in [-0.3, -0.25) is 4.79 Å². The fourth-order valence-corrected chi connectivity index (χ4v) is 2.06. The third kappa shape index (κ3) is 4.49. The first kappa shape index (κ1) is 16.4. The average molecular weight is 339 g/mol. The standard InChI is InChI=1S/C14H19BrN4O/c1-4-5-17-13-12(6-11(15)8-18-13)14(20)19(3)9-10(2)7-16/h6,8,10H,4-5,9H2,1-3H3,(H,17,18). The highest BCUT2D eigenvalue weighted by Gasteiger charge is 2.18. The zero-order chi connectivity index (χ0) is 15.1. The minimum atomic E-state index is -0.198. The van der Waals surface area contributed by atoms with Crippen LogP contribution < -0.4 is 5.32 Å². The highest BCUT2D eigenvalue weighted by atomic mass is 79.9. The lowest BCUT2D eigenvalue weighted by Crippen LogP contribution is -2.31. The summed E-state index contributed by atoms with van der Waals surface area (Å²) < 4.78 is 0.754. The van der Waals surface area contributed by atoms with Crippen LogP contribution in [0.15, 0.2) is 16.7 Å². The van der Waals surface area contributed by atoms with E-state index in [2.05, 4.69) is 32.3 Å². The SMILES string of the molecule is CCCNc1ncc(Br)cc1C(=O)N(C)CC(C)C#N. The number of hydrogen-bond acceptors (Lipinski definition) is 4. The Kier molecular flexibility index (Phi) is 6.46. The third-order valence-corrected chi connectivity index (χ3v) is 3.18. The second-order valence-electron chi connectivity index (χ2n) is 4.69. The number of rotatable bonds is 6. The lowest BCUT2D eigenvalue weighted by molar-refractivity contribution is 0.0785. The van der Waals surface area contributed by atoms with E-state index >= 15 is 0 Å². The molecule has 1 aromatic rings. The second-order valence-corrected chi connectivity index (χ2v) is 5.61. The van der Waals surface area contributed by atoms with E-state index in [9.17, 15) is 4.79 Å². The molecule has 5 nitrogen and oxygen atoms in total. The van der Waals surface area contributed by atoms with Crippen LogP contribution in [0.2, 0.25) is 0 Å². The van der Waals surface area contributed by atoms with Gasteiger partial charge in [0.25, 0.3) is 5.91 Å². The molecular formula is C14H19BrN4O. The molecule has 0 fully saturated rings. The lowest BCUT2D eigenvalue weighted by Gasteiger charge is -2.20. The van der Waals surface area contributed by atoms with Crippen molar-refractivity contribution in [2.24, 2.45) is 5.92 Å². The average Bonchev–Trinajstić information content (AvgIpc) is 2.44. The molecule has 1 amide bonds. The molecule has 0 radical (unpaired) electrons. The summed E-state index contributed by atoms with van der Waals surface area (Å²) in [5.74, 6) is 0.243. The maximum Gasteiger partial charge on any atom is 0.257 e. The number of carbonyl (C=O) groups excluding carboxylic acids is 1. The van der Waals surface area contributed by atoms with Gasteiger partial charge in [0.15, 0.2) is 0 Å². The van der Waals surface area contributed by atoms with Gasteiger partial charge in [0, 0.05) is 30.8 Å². The molecule has 108 valence electrons. The van der Waals surface area contributed by atoms with Crippen LogP contribution in [0.1, 0.15) is 30.6 Å². The summed E-state index contributed by atoms with van der Waals surface area (Å²) in [6.45, 7) is 5.00. The zero-order valence-corrected chi connectivity index (χ0v) is 13.6. The van der Waals surface area contributed by atoms with Gasteiger partial charge in [0.05, 0.1) is 17.6 Å². The van der Waals surface area contributed by atoms with Gasteiger partial charge in [-0.05, 0) is 35.3 Å². The van der Waals surface area contributed by atoms with E-state index in [1.54, 1.807) is 31.1 Å². The van der Waals surface area contributed by atoms with Gasteiger partial charge in [-0.15, -0.1) is 0 Å². The van der Waals surface area contributed by atoms with Crippen LogP contribution in [0.25, 0.3) is 0 Å². The third-order valence-electron chi connectivity index (χ3n) is 2.74. The summed E-state index contributed by atoms with van der Waals surface area (Å²) >= 11 is 3.33. The summed E-state index contributed by atoms with van der Waals surface area (Å²) in [5.41, 5.74) is 0.514. The van der Waals surface area contributed by atoms with E-state index in [-0.39, 0.29) is 11.8 Å². The van der Waals surface area contributed by atoms with Crippen molar-refractivity contribution >= 4 is 27.7 Å². The molecule has 1 heterocycles. The summed E-state index contributed by atoms with van der Waals surface area (Å²) in [5, 5.41) is 12.0. The molecule has 0 aliphatic carbocycles. The van der Waals surface area contributed by atoms with Crippen LogP contribution in [0, 0.1) is 17.2 Å². The number of pyridine rings is 1. The van der Waals surface area contributed by atoms with Crippen LogP contribution in [0.4, 0.5) is 5.82 Å². The van der Waals surface area contributed by atoms with Crippen LogP contribution in [0.3, 0.4) is 0 Å². The minimum absolute atomic E-state index is 0.139. The number of nitrogens with zero attached hydrogens (tertiary/aromatic N) is 3. The summed E-state index contributed by atoms with van der Waals surface area (Å²) in [4.78, 5) is 18.2. The van der Waals surface area contributed by atoms with Crippen molar-refractivity contribution in [3.63, 3.8) is 0 Å². The predicted molar refractivity (Wildman–Crippen MR) is 82.5 cm³/mol. The Hall–Kier alpha value is -1.61. The van der Waals surface area contributed by atoms with Gasteiger partial charge in [-0.1, -0.05) is 6.92 Å². The number of nitriles is 1. The van der Waals surface area contributed by atoms with Crippen molar-refractivity contribution in [3.05, 3.63) is 22.3 Å². The number of aromatic nitrogens is 1. The fraction of sp³-hybridized carbons (Fsp3) is 0.500. The van der Waals surface area contributed by atoms with Crippen molar-refractivity contribution in [2.45, 2.75) is 20.3 Å². The number of anilines is 1. The van der Waals surface area contributed by atoms with E-state index in [0.29, 0.717) is 17.9 Å². The van der Waals surface area contributed by atoms with Crippen molar-refractivity contribution < 1.29 is 4.79 Å². The van der Waals surface area contributed by atoms with Crippen molar-refractivity contribution in [1.82, 2.24) is 9.88 Å². The van der Waals surface area contributed by atoms with E-state index < -0.39 is 0 Å². The molecule has 1 atom stereocenters. The molecule has 0 aliphatic heterocycles. The highest BCUT2D eigenvalue weighted by molar-refractivity contribution is 9.10. The van der Waals surface area contributed by atoms with Crippen molar-refractivity contribution in [2.75, 3.05) is 25.5 Å². The van der Waals surface area contributed by atoms with Gasteiger partial charge >= 0.3 is 0 Å². The number of amides is 1. The minimum Gasteiger partial charge on any atom is -0.369 e. The van der Waals surface area contributed by atoms with Gasteiger partial charge in [0.1, 0.15) is 5.82 Å². The van der Waals surface area contributed by atoms with Gasteiger partial charge < -0.3 is 10.2 Å². The zero-order valence-electron chi connectivity index (χ0n) is 12.0. The molecule has 1 unspecified atom stereocenters. The molecule has 0 aromatic carbocycles. The number of carbonyl (C=O) groups is 1. The first-order chi connectivity index (χ1) is 9.49. The van der Waals surface area contributed by atoms with E-state index in [0.717, 1.165) is 17.4 Å². The molecule has 0 bridgehead atoms. The second kappa shape index (κ2) is 7.85. The Labute approximate surface area is 128 Å². The highest BCUT2D eigenvalue weighted by Crippen LogP contribution is 2.20. The first-order valence-corrected chi connectivity index (χ1v) is 7.33. The Bertz CT molecular complexity index is 512. The maximum atomic E-state index is 12.4. The molecule has 20 heavy (non-hydrogen) atoms. The van der Waals surface area contributed by atoms with Gasteiger partial charge in [-0.25, -0.2) is 4.98 Å². The molecule has 1 aromatic heterocycles. The van der Waals surface area contributed by atoms with E-state index in [1.165, 1.54) is 0 Å². The molecule has 6 heteroatoms. The van der Waals surface area contributed by atoms with Gasteiger partial charge in [0.2, 0.25) is 0 Å². The topological polar surface area (TPSA) is 69.0 Å². The molecule has 0 aliphatic rings. The Balaban J connectivity index is 2.95. The van der Waals surface area contributed by atoms with Gasteiger partial charge in [-0.2, -0.15) is 5.26 Å². The normalized spacial score (nSPS) is 11.6. The lowest BCUT2D eigenvalue weighted by atomic mass is 10.1. The Morgan fingerprint density at radius 3 is 2.95 bits per heavy atom. The monoisotopic (exact) mass is 338 g/mol. The van der Waals surface area contributed by atoms with Crippen LogP contribution in [-0.4, -0.2) is 35.9 Å². The van der Waals surface area contributed by atoms with Crippen molar-refractivity contribution in [1.29, 1.82) is 5.26 Å². The molecule has 0 spiro atoms. The summed E-state index contributed by atoms with van der Waals surface area (Å²) in [7, 11) is 1.70. The number of nitrogens with one attached hydrogen (secondary N) is 1. The molecule has 0 saturated carbocycles. The summed E-state index contributed by atoms with van der Waals surface area (Å²) in [6, 6.07) is 3.88. The fourth-order valence-electron chi connectivity index (χ4n) is 1.73.